The molecule has 0 saturated carbocycles. The fourth-order valence-electron chi connectivity index (χ4n) is 1.04. The van der Waals surface area contributed by atoms with Gasteiger partial charge in [-0.2, -0.15) is 5.26 Å². The maximum atomic E-state index is 11.8. The molecule has 0 aromatic heterocycles. The summed E-state index contributed by atoms with van der Waals surface area (Å²) in [6, 6.07) is 5.73. The quantitative estimate of drug-likeness (QED) is 0.806. The minimum atomic E-state index is -3.70. The molecule has 0 saturated heterocycles. The summed E-state index contributed by atoms with van der Waals surface area (Å²) < 4.78 is 23.6. The van der Waals surface area contributed by atoms with Gasteiger partial charge in [-0.15, -0.1) is 11.6 Å². The van der Waals surface area contributed by atoms with Crippen molar-refractivity contribution in [3.05, 3.63) is 28.2 Å². The van der Waals surface area contributed by atoms with Crippen molar-refractivity contribution in [2.24, 2.45) is 0 Å². The van der Waals surface area contributed by atoms with Crippen LogP contribution in [0.4, 0.5) is 0 Å². The Balaban J connectivity index is 3.18. The minimum Gasteiger partial charge on any atom is -0.224 e. The molecule has 1 aromatic carbocycles. The summed E-state index contributed by atoms with van der Waals surface area (Å²) in [5.74, 6) is -0.495. The summed E-state index contributed by atoms with van der Waals surface area (Å²) in [5.41, 5.74) is 0. The average molecular weight is 299 g/mol. The molecule has 0 heterocycles. The number of nitrogens with zero attached hydrogens (tertiary/aromatic N) is 1. The van der Waals surface area contributed by atoms with Gasteiger partial charge in [0, 0.05) is 5.02 Å². The summed E-state index contributed by atoms with van der Waals surface area (Å²) in [5, 5.41) is 7.67. The molecule has 16 heavy (non-hydrogen) atoms. The predicted molar refractivity (Wildman–Crippen MR) is 63.8 cm³/mol. The molecule has 1 unspecified atom stereocenters. The van der Waals surface area contributed by atoms with E-state index in [1.807, 2.05) is 0 Å². The van der Waals surface area contributed by atoms with Crippen LogP contribution in [-0.2, 0) is 9.84 Å². The SMILES string of the molecule is N#CC(Cl)CS(=O)(=O)c1cc(Cl)ccc1Cl. The van der Waals surface area contributed by atoms with Crippen LogP contribution in [0.15, 0.2) is 23.1 Å². The molecule has 7 heteroatoms. The number of nitriles is 1. The van der Waals surface area contributed by atoms with Gasteiger partial charge in [0.15, 0.2) is 9.84 Å². The zero-order chi connectivity index (χ0) is 12.3. The number of halogens is 3. The van der Waals surface area contributed by atoms with E-state index in [0.717, 1.165) is 0 Å². The van der Waals surface area contributed by atoms with Crippen molar-refractivity contribution < 1.29 is 8.42 Å². The summed E-state index contributed by atoms with van der Waals surface area (Å²) in [7, 11) is -3.70. The number of hydrogen-bond acceptors (Lipinski definition) is 3. The molecule has 0 aliphatic rings. The zero-order valence-corrected chi connectivity index (χ0v) is 10.9. The molecule has 0 spiro atoms. The second-order valence-corrected chi connectivity index (χ2v) is 6.33. The fraction of sp³-hybridized carbons (Fsp3) is 0.222. The van der Waals surface area contributed by atoms with E-state index in [2.05, 4.69) is 0 Å². The van der Waals surface area contributed by atoms with Gasteiger partial charge in [-0.3, -0.25) is 0 Å². The van der Waals surface area contributed by atoms with Gasteiger partial charge in [-0.1, -0.05) is 23.2 Å². The minimum absolute atomic E-state index is 0.0613. The first kappa shape index (κ1) is 13.6. The number of rotatable bonds is 3. The zero-order valence-electron chi connectivity index (χ0n) is 7.82. The summed E-state index contributed by atoms with van der Waals surface area (Å²) >= 11 is 16.9. The standard InChI is InChI=1S/C9H6Cl3NO2S/c10-6-1-2-8(12)9(3-6)16(14,15)5-7(11)4-13/h1-3,7H,5H2. The third kappa shape index (κ3) is 3.26. The number of sulfone groups is 1. The molecule has 0 radical (unpaired) electrons. The highest BCUT2D eigenvalue weighted by Crippen LogP contribution is 2.26. The van der Waals surface area contributed by atoms with Crippen LogP contribution >= 0.6 is 34.8 Å². The lowest BCUT2D eigenvalue weighted by Gasteiger charge is -2.06. The number of alkyl halides is 1. The van der Waals surface area contributed by atoms with E-state index in [9.17, 15) is 8.42 Å². The third-order valence-electron chi connectivity index (χ3n) is 1.73. The van der Waals surface area contributed by atoms with E-state index in [1.165, 1.54) is 18.2 Å². The van der Waals surface area contributed by atoms with E-state index < -0.39 is 21.0 Å². The molecule has 0 N–H and O–H groups in total. The van der Waals surface area contributed by atoms with Crippen LogP contribution in [0.3, 0.4) is 0 Å². The smallest absolute Gasteiger partial charge is 0.182 e. The highest BCUT2D eigenvalue weighted by molar-refractivity contribution is 7.91. The van der Waals surface area contributed by atoms with Crippen LogP contribution in [0.25, 0.3) is 0 Å². The lowest BCUT2D eigenvalue weighted by molar-refractivity contribution is 0.596. The van der Waals surface area contributed by atoms with Gasteiger partial charge in [0.05, 0.1) is 21.7 Å². The molecule has 1 rings (SSSR count). The van der Waals surface area contributed by atoms with Crippen molar-refractivity contribution in [2.45, 2.75) is 10.3 Å². The Kier molecular flexibility index (Phi) is 4.45. The van der Waals surface area contributed by atoms with Crippen LogP contribution in [0.5, 0.6) is 0 Å². The normalized spacial score (nSPS) is 13.1. The first-order chi connectivity index (χ1) is 7.36. The van der Waals surface area contributed by atoms with Crippen molar-refractivity contribution in [2.75, 3.05) is 5.75 Å². The van der Waals surface area contributed by atoms with Crippen LogP contribution in [0.2, 0.25) is 10.0 Å². The van der Waals surface area contributed by atoms with Crippen LogP contribution < -0.4 is 0 Å². The molecule has 3 nitrogen and oxygen atoms in total. The van der Waals surface area contributed by atoms with Gasteiger partial charge in [-0.05, 0) is 18.2 Å². The first-order valence-electron chi connectivity index (χ1n) is 4.08. The molecule has 0 aliphatic heterocycles. The molecular formula is C9H6Cl3NO2S. The fourth-order valence-corrected chi connectivity index (χ4v) is 3.55. The first-order valence-corrected chi connectivity index (χ1v) is 6.93. The maximum Gasteiger partial charge on any atom is 0.182 e. The summed E-state index contributed by atoms with van der Waals surface area (Å²) in [6.45, 7) is 0. The third-order valence-corrected chi connectivity index (χ3v) is 4.63. The Morgan fingerprint density at radius 1 is 1.38 bits per heavy atom. The Hall–Kier alpha value is -0.470. The highest BCUT2D eigenvalue weighted by atomic mass is 35.5. The Labute approximate surface area is 108 Å². The Bertz CT molecular complexity index is 536. The molecule has 86 valence electrons. The van der Waals surface area contributed by atoms with E-state index >= 15 is 0 Å². The van der Waals surface area contributed by atoms with E-state index in [-0.39, 0.29) is 14.9 Å². The number of benzene rings is 1. The second kappa shape index (κ2) is 5.24. The van der Waals surface area contributed by atoms with Crippen molar-refractivity contribution in [1.29, 1.82) is 5.26 Å². The molecule has 0 fully saturated rings. The van der Waals surface area contributed by atoms with Crippen LogP contribution in [-0.4, -0.2) is 19.5 Å². The van der Waals surface area contributed by atoms with Gasteiger partial charge in [0.2, 0.25) is 0 Å². The Morgan fingerprint density at radius 3 is 2.56 bits per heavy atom. The van der Waals surface area contributed by atoms with Gasteiger partial charge in [-0.25, -0.2) is 8.42 Å². The van der Waals surface area contributed by atoms with E-state index in [0.29, 0.717) is 0 Å². The molecule has 0 bridgehead atoms. The van der Waals surface area contributed by atoms with Crippen LogP contribution in [0, 0.1) is 11.3 Å². The summed E-state index contributed by atoms with van der Waals surface area (Å²) in [6.07, 6.45) is 0. The Morgan fingerprint density at radius 2 is 2.00 bits per heavy atom. The van der Waals surface area contributed by atoms with Gasteiger partial charge in [0.1, 0.15) is 5.38 Å². The molecule has 0 amide bonds. The monoisotopic (exact) mass is 297 g/mol. The highest BCUT2D eigenvalue weighted by Gasteiger charge is 2.22. The molecular weight excluding hydrogens is 293 g/mol. The maximum absolute atomic E-state index is 11.8. The molecule has 1 aromatic rings. The van der Waals surface area contributed by atoms with Gasteiger partial charge >= 0.3 is 0 Å². The second-order valence-electron chi connectivity index (χ2n) is 2.95. The van der Waals surface area contributed by atoms with E-state index in [1.54, 1.807) is 6.07 Å². The molecule has 0 aliphatic carbocycles. The van der Waals surface area contributed by atoms with Crippen LogP contribution in [0.1, 0.15) is 0 Å². The van der Waals surface area contributed by atoms with E-state index in [4.69, 9.17) is 40.1 Å². The predicted octanol–water partition coefficient (Wildman–Crippen LogP) is 2.90. The molecule has 1 atom stereocenters. The van der Waals surface area contributed by atoms with Crippen molar-refractivity contribution >= 4 is 44.6 Å². The summed E-state index contributed by atoms with van der Waals surface area (Å²) in [4.78, 5) is -0.109. The number of hydrogen-bond donors (Lipinski definition) is 0. The topological polar surface area (TPSA) is 57.9 Å². The van der Waals surface area contributed by atoms with Gasteiger partial charge < -0.3 is 0 Å². The van der Waals surface area contributed by atoms with Crippen molar-refractivity contribution in [1.82, 2.24) is 0 Å². The lowest BCUT2D eigenvalue weighted by atomic mass is 10.4. The van der Waals surface area contributed by atoms with Gasteiger partial charge in [0.25, 0.3) is 0 Å². The van der Waals surface area contributed by atoms with Crippen molar-refractivity contribution in [3.63, 3.8) is 0 Å². The van der Waals surface area contributed by atoms with Crippen molar-refractivity contribution in [3.8, 4) is 6.07 Å². The largest absolute Gasteiger partial charge is 0.224 e. The average Bonchev–Trinajstić information content (AvgIpc) is 2.20. The lowest BCUT2D eigenvalue weighted by Crippen LogP contribution is -2.15.